The number of aromatic nitrogens is 2. The summed E-state index contributed by atoms with van der Waals surface area (Å²) in [7, 11) is 0. The number of hydrogen-bond acceptors (Lipinski definition) is 5. The summed E-state index contributed by atoms with van der Waals surface area (Å²) in [5.41, 5.74) is 3.26. The summed E-state index contributed by atoms with van der Waals surface area (Å²) in [6.07, 6.45) is 4.31. The summed E-state index contributed by atoms with van der Waals surface area (Å²) in [6, 6.07) is 12.6. The van der Waals surface area contributed by atoms with E-state index in [0.29, 0.717) is 0 Å². The number of carbonyl (C=O) groups excluding carboxylic acids is 1. The van der Waals surface area contributed by atoms with E-state index in [2.05, 4.69) is 16.0 Å². The van der Waals surface area contributed by atoms with E-state index in [1.165, 1.54) is 26.3 Å². The number of fused-ring (bicyclic) bond motifs is 1. The number of aliphatic hydroxyl groups excluding tert-OH is 1. The zero-order chi connectivity index (χ0) is 15.9. The Hall–Kier alpha value is -2.30. The van der Waals surface area contributed by atoms with Crippen LogP contribution in [-0.2, 0) is 24.9 Å². The van der Waals surface area contributed by atoms with Gasteiger partial charge in [0.05, 0.1) is 11.3 Å². The summed E-state index contributed by atoms with van der Waals surface area (Å²) < 4.78 is 5.22. The number of hydrogen-bond donors (Lipinski definition) is 1. The second-order valence-electron chi connectivity index (χ2n) is 4.53. The van der Waals surface area contributed by atoms with E-state index < -0.39 is 0 Å². The fourth-order valence-electron chi connectivity index (χ4n) is 1.82. The average molecular weight is 488 g/mol. The Bertz CT molecular complexity index is 794. The minimum absolute atomic E-state index is 0. The van der Waals surface area contributed by atoms with Crippen molar-refractivity contribution in [2.24, 2.45) is 0 Å². The van der Waals surface area contributed by atoms with Gasteiger partial charge in [-0.1, -0.05) is 0 Å². The smallest absolute Gasteiger partial charge is 0.181 e. The molecule has 0 amide bonds. The van der Waals surface area contributed by atoms with Crippen molar-refractivity contribution in [3.05, 3.63) is 60.8 Å². The summed E-state index contributed by atoms with van der Waals surface area (Å²) in [5.74, 6) is -0.0625. The number of benzene rings is 1. The number of carbonyl (C=O) groups is 1. The fourth-order valence-corrected chi connectivity index (χ4v) is 1.82. The first-order chi connectivity index (χ1) is 10.6. The number of ketones is 1. The van der Waals surface area contributed by atoms with Gasteiger partial charge in [-0.3, -0.25) is 4.79 Å². The molecule has 2 heterocycles. The van der Waals surface area contributed by atoms with Crippen LogP contribution >= 0.6 is 0 Å². The van der Waals surface area contributed by atoms with Crippen LogP contribution in [0.3, 0.4) is 0 Å². The standard InChI is InChI=1S/C12H7N2O.C5H8O2.Ir/c1-2-4-9(5-3-1)11-12-10(6-7-13-11)15-8-14-12;1-4(6)3-5(2)7;/h1-4,6-8H;3,6H,1-2H3;/q-1;;. The van der Waals surface area contributed by atoms with Gasteiger partial charge in [0.1, 0.15) is 5.58 Å². The first kappa shape index (κ1) is 18.7. The van der Waals surface area contributed by atoms with Crippen molar-refractivity contribution in [2.45, 2.75) is 13.8 Å². The van der Waals surface area contributed by atoms with Crippen molar-refractivity contribution < 1.29 is 34.4 Å². The van der Waals surface area contributed by atoms with Crippen molar-refractivity contribution in [1.82, 2.24) is 9.97 Å². The van der Waals surface area contributed by atoms with Gasteiger partial charge < -0.3 is 14.5 Å². The molecule has 5 nitrogen and oxygen atoms in total. The molecule has 23 heavy (non-hydrogen) atoms. The van der Waals surface area contributed by atoms with Gasteiger partial charge in [-0.25, -0.2) is 4.98 Å². The van der Waals surface area contributed by atoms with Crippen molar-refractivity contribution >= 4 is 16.9 Å². The molecule has 0 bridgehead atoms. The van der Waals surface area contributed by atoms with Gasteiger partial charge in [-0.05, 0) is 19.9 Å². The van der Waals surface area contributed by atoms with Crippen molar-refractivity contribution in [3.8, 4) is 11.3 Å². The van der Waals surface area contributed by atoms with Crippen LogP contribution in [0.5, 0.6) is 0 Å². The Balaban J connectivity index is 0.000000287. The van der Waals surface area contributed by atoms with E-state index in [0.717, 1.165) is 22.4 Å². The third-order valence-corrected chi connectivity index (χ3v) is 2.63. The molecular weight excluding hydrogens is 472 g/mol. The number of allylic oxidation sites excluding steroid dienone is 2. The Labute approximate surface area is 147 Å². The normalized spacial score (nSPS) is 10.4. The maximum atomic E-state index is 10.0. The van der Waals surface area contributed by atoms with Gasteiger partial charge in [0.15, 0.2) is 12.2 Å². The summed E-state index contributed by atoms with van der Waals surface area (Å²) in [6.45, 7) is 2.85. The van der Waals surface area contributed by atoms with Gasteiger partial charge in [0.25, 0.3) is 0 Å². The van der Waals surface area contributed by atoms with E-state index in [1.54, 1.807) is 12.3 Å². The molecule has 0 spiro atoms. The first-order valence-electron chi connectivity index (χ1n) is 6.61. The number of aliphatic hydroxyl groups is 1. The van der Waals surface area contributed by atoms with Crippen LogP contribution < -0.4 is 0 Å². The molecule has 1 aromatic carbocycles. The molecule has 0 aliphatic carbocycles. The number of nitrogens with zero attached hydrogens (tertiary/aromatic N) is 2. The molecule has 1 radical (unpaired) electrons. The third kappa shape index (κ3) is 5.43. The predicted molar refractivity (Wildman–Crippen MR) is 83.1 cm³/mol. The van der Waals surface area contributed by atoms with Gasteiger partial charge >= 0.3 is 0 Å². The van der Waals surface area contributed by atoms with Crippen molar-refractivity contribution in [1.29, 1.82) is 0 Å². The van der Waals surface area contributed by atoms with Crippen LogP contribution in [-0.4, -0.2) is 20.9 Å². The van der Waals surface area contributed by atoms with Crippen LogP contribution in [0.4, 0.5) is 0 Å². The fraction of sp³-hybridized carbons (Fsp3) is 0.118. The number of oxazole rings is 1. The summed E-state index contributed by atoms with van der Waals surface area (Å²) in [5, 5.41) is 8.36. The van der Waals surface area contributed by atoms with Crippen LogP contribution in [0.2, 0.25) is 0 Å². The first-order valence-corrected chi connectivity index (χ1v) is 6.61. The molecule has 3 rings (SSSR count). The summed E-state index contributed by atoms with van der Waals surface area (Å²) >= 11 is 0. The van der Waals surface area contributed by atoms with Crippen LogP contribution in [0, 0.1) is 6.07 Å². The minimum Gasteiger partial charge on any atom is -0.512 e. The van der Waals surface area contributed by atoms with Gasteiger partial charge in [-0.15, -0.1) is 35.9 Å². The SMILES string of the molecule is CC(=O)C=C(C)O.[Ir].[c-]1ccccc1-c1nccc2ocnc12. The molecule has 3 aromatic rings. The Kier molecular flexibility index (Phi) is 7.32. The van der Waals surface area contributed by atoms with Crippen LogP contribution in [0.15, 0.2) is 59.2 Å². The topological polar surface area (TPSA) is 76.2 Å². The Morgan fingerprint density at radius 2 is 2.04 bits per heavy atom. The minimum atomic E-state index is -0.125. The molecule has 6 heteroatoms. The zero-order valence-electron chi connectivity index (χ0n) is 12.6. The molecule has 1 N–H and O–H groups in total. The number of rotatable bonds is 2. The van der Waals surface area contributed by atoms with Gasteiger partial charge in [0, 0.05) is 38.1 Å². The maximum absolute atomic E-state index is 10.0. The molecule has 0 saturated carbocycles. The average Bonchev–Trinajstić information content (AvgIpc) is 2.95. The molecular formula is C17H15IrN2O3-. The van der Waals surface area contributed by atoms with Gasteiger partial charge in [-0.2, -0.15) is 0 Å². The molecule has 0 aliphatic rings. The van der Waals surface area contributed by atoms with E-state index in [9.17, 15) is 4.79 Å². The molecule has 121 valence electrons. The molecule has 0 atom stereocenters. The molecule has 0 fully saturated rings. The quantitative estimate of drug-likeness (QED) is 0.339. The maximum Gasteiger partial charge on any atom is 0.181 e. The van der Waals surface area contributed by atoms with Crippen LogP contribution in [0.25, 0.3) is 22.4 Å². The van der Waals surface area contributed by atoms with E-state index in [-0.39, 0.29) is 31.6 Å². The number of pyridine rings is 1. The van der Waals surface area contributed by atoms with Crippen molar-refractivity contribution in [2.75, 3.05) is 0 Å². The van der Waals surface area contributed by atoms with Gasteiger partial charge in [0.2, 0.25) is 0 Å². The zero-order valence-corrected chi connectivity index (χ0v) is 15.0. The molecule has 0 aliphatic heterocycles. The monoisotopic (exact) mass is 488 g/mol. The summed E-state index contributed by atoms with van der Waals surface area (Å²) in [4.78, 5) is 18.5. The molecule has 2 aromatic heterocycles. The van der Waals surface area contributed by atoms with Crippen LogP contribution in [0.1, 0.15) is 13.8 Å². The Morgan fingerprint density at radius 3 is 2.61 bits per heavy atom. The third-order valence-electron chi connectivity index (χ3n) is 2.63. The molecule has 0 saturated heterocycles. The largest absolute Gasteiger partial charge is 0.512 e. The van der Waals surface area contributed by atoms with E-state index in [1.807, 2.05) is 24.3 Å². The van der Waals surface area contributed by atoms with Crippen molar-refractivity contribution in [3.63, 3.8) is 0 Å². The second-order valence-corrected chi connectivity index (χ2v) is 4.53. The molecule has 0 unspecified atom stereocenters. The van der Waals surface area contributed by atoms with E-state index in [4.69, 9.17) is 9.52 Å². The Morgan fingerprint density at radius 1 is 1.26 bits per heavy atom. The second kappa shape index (κ2) is 8.98. The van der Waals surface area contributed by atoms with E-state index >= 15 is 0 Å². The predicted octanol–water partition coefficient (Wildman–Crippen LogP) is 3.72.